The Balaban J connectivity index is 2.42. The second-order valence-corrected chi connectivity index (χ2v) is 3.30. The molecule has 0 aliphatic rings. The fourth-order valence-electron chi connectivity index (χ4n) is 1.02. The van der Waals surface area contributed by atoms with E-state index in [9.17, 15) is 0 Å². The van der Waals surface area contributed by atoms with Crippen molar-refractivity contribution in [3.05, 3.63) is 30.9 Å². The highest BCUT2D eigenvalue weighted by molar-refractivity contribution is 7.98. The lowest BCUT2D eigenvalue weighted by Crippen LogP contribution is -1.91. The molecule has 2 heterocycles. The average molecular weight is 204 g/mol. The van der Waals surface area contributed by atoms with E-state index in [-0.39, 0.29) is 0 Å². The molecule has 0 spiro atoms. The topological polar surface area (TPSA) is 51.6 Å². The van der Waals surface area contributed by atoms with E-state index in [1.54, 1.807) is 12.4 Å². The van der Waals surface area contributed by atoms with Crippen molar-refractivity contribution < 1.29 is 0 Å². The van der Waals surface area contributed by atoms with Crippen LogP contribution in [0.15, 0.2) is 36.0 Å². The molecule has 2 aromatic heterocycles. The molecule has 0 atom stereocenters. The van der Waals surface area contributed by atoms with Crippen LogP contribution in [0.25, 0.3) is 11.4 Å². The Labute approximate surface area is 85.9 Å². The van der Waals surface area contributed by atoms with Crippen molar-refractivity contribution in [3.8, 4) is 11.4 Å². The molecule has 4 nitrogen and oxygen atoms in total. The van der Waals surface area contributed by atoms with E-state index in [0.29, 0.717) is 0 Å². The van der Waals surface area contributed by atoms with Crippen molar-refractivity contribution in [2.24, 2.45) is 0 Å². The van der Waals surface area contributed by atoms with Gasteiger partial charge in [-0.1, -0.05) is 11.8 Å². The minimum absolute atomic E-state index is 0.751. The van der Waals surface area contributed by atoms with Gasteiger partial charge in [0.2, 0.25) is 0 Å². The van der Waals surface area contributed by atoms with Gasteiger partial charge in [0, 0.05) is 12.4 Å². The molecule has 0 saturated carbocycles. The van der Waals surface area contributed by atoms with Gasteiger partial charge in [0.15, 0.2) is 5.16 Å². The molecule has 2 aromatic rings. The Kier molecular flexibility index (Phi) is 2.69. The van der Waals surface area contributed by atoms with Crippen molar-refractivity contribution >= 4 is 11.8 Å². The van der Waals surface area contributed by atoms with Crippen LogP contribution < -0.4 is 0 Å². The lowest BCUT2D eigenvalue weighted by molar-refractivity contribution is 0.968. The van der Waals surface area contributed by atoms with E-state index < -0.39 is 0 Å². The third kappa shape index (κ3) is 1.88. The van der Waals surface area contributed by atoms with Crippen LogP contribution in [0.2, 0.25) is 0 Å². The Hall–Kier alpha value is -1.49. The summed E-state index contributed by atoms with van der Waals surface area (Å²) >= 11 is 1.51. The molecule has 0 radical (unpaired) electrons. The molecule has 0 aliphatic carbocycles. The number of hydrogen-bond acceptors (Lipinski definition) is 5. The van der Waals surface area contributed by atoms with Crippen LogP contribution in [-0.4, -0.2) is 26.2 Å². The van der Waals surface area contributed by atoms with Crippen LogP contribution in [0.3, 0.4) is 0 Å². The minimum atomic E-state index is 0.751. The molecule has 0 saturated heterocycles. The number of aromatic nitrogens is 4. The van der Waals surface area contributed by atoms with Gasteiger partial charge in [-0.15, -0.1) is 0 Å². The summed E-state index contributed by atoms with van der Waals surface area (Å²) in [5.41, 5.74) is 1.64. The quantitative estimate of drug-likeness (QED) is 0.550. The van der Waals surface area contributed by atoms with Gasteiger partial charge in [-0.3, -0.25) is 0 Å². The van der Waals surface area contributed by atoms with E-state index in [1.165, 1.54) is 18.1 Å². The summed E-state index contributed by atoms with van der Waals surface area (Å²) in [7, 11) is 0. The van der Waals surface area contributed by atoms with Crippen molar-refractivity contribution in [3.63, 3.8) is 0 Å². The van der Waals surface area contributed by atoms with Crippen molar-refractivity contribution in [2.45, 2.75) is 5.16 Å². The normalized spacial score (nSPS) is 10.1. The summed E-state index contributed by atoms with van der Waals surface area (Å²) in [6.07, 6.45) is 6.88. The Morgan fingerprint density at radius 2 is 1.93 bits per heavy atom. The van der Waals surface area contributed by atoms with Crippen LogP contribution in [0.4, 0.5) is 0 Å². The van der Waals surface area contributed by atoms with Crippen LogP contribution >= 0.6 is 11.8 Å². The second kappa shape index (κ2) is 4.15. The maximum Gasteiger partial charge on any atom is 0.187 e. The second-order valence-electron chi connectivity index (χ2n) is 2.52. The lowest BCUT2D eigenvalue weighted by Gasteiger charge is -1.99. The summed E-state index contributed by atoms with van der Waals surface area (Å²) in [6, 6.07) is 3.66. The van der Waals surface area contributed by atoms with E-state index in [1.807, 2.05) is 18.4 Å². The van der Waals surface area contributed by atoms with E-state index in [0.717, 1.165) is 16.5 Å². The Morgan fingerprint density at radius 3 is 2.64 bits per heavy atom. The fourth-order valence-corrected chi connectivity index (χ4v) is 1.38. The smallest absolute Gasteiger partial charge is 0.187 e. The maximum atomic E-state index is 4.32. The predicted octanol–water partition coefficient (Wildman–Crippen LogP) is 1.66. The van der Waals surface area contributed by atoms with Gasteiger partial charge < -0.3 is 0 Å². The summed E-state index contributed by atoms with van der Waals surface area (Å²) < 4.78 is 0. The predicted molar refractivity (Wildman–Crippen MR) is 54.8 cm³/mol. The first kappa shape index (κ1) is 9.08. The molecule has 0 aromatic carbocycles. The fraction of sp³-hybridized carbons (Fsp3) is 0.111. The minimum Gasteiger partial charge on any atom is -0.245 e. The Bertz CT molecular complexity index is 418. The van der Waals surface area contributed by atoms with E-state index in [2.05, 4.69) is 19.9 Å². The SMILES string of the molecule is CSc1nccc(-c2ccncn2)n1. The molecule has 2 rings (SSSR count). The molecule has 0 aliphatic heterocycles. The first-order chi connectivity index (χ1) is 6.90. The highest BCUT2D eigenvalue weighted by Gasteiger charge is 2.01. The molecule has 0 bridgehead atoms. The average Bonchev–Trinajstić information content (AvgIpc) is 2.30. The molecule has 0 amide bonds. The Morgan fingerprint density at radius 1 is 1.07 bits per heavy atom. The lowest BCUT2D eigenvalue weighted by atomic mass is 10.3. The number of rotatable bonds is 2. The highest BCUT2D eigenvalue weighted by Crippen LogP contribution is 2.15. The van der Waals surface area contributed by atoms with E-state index in [4.69, 9.17) is 0 Å². The van der Waals surface area contributed by atoms with Crippen molar-refractivity contribution in [1.82, 2.24) is 19.9 Å². The number of thioether (sulfide) groups is 1. The third-order valence-corrected chi connectivity index (χ3v) is 2.22. The number of hydrogen-bond donors (Lipinski definition) is 0. The van der Waals surface area contributed by atoms with E-state index >= 15 is 0 Å². The van der Waals surface area contributed by atoms with Crippen LogP contribution in [0.1, 0.15) is 0 Å². The number of nitrogens with zero attached hydrogens (tertiary/aromatic N) is 4. The van der Waals surface area contributed by atoms with Gasteiger partial charge in [0.05, 0.1) is 11.4 Å². The molecule has 5 heteroatoms. The molecule has 14 heavy (non-hydrogen) atoms. The zero-order chi connectivity index (χ0) is 9.80. The van der Waals surface area contributed by atoms with Crippen LogP contribution in [0, 0.1) is 0 Å². The van der Waals surface area contributed by atoms with Crippen molar-refractivity contribution in [1.29, 1.82) is 0 Å². The summed E-state index contributed by atoms with van der Waals surface area (Å²) in [5.74, 6) is 0. The molecule has 0 fully saturated rings. The summed E-state index contributed by atoms with van der Waals surface area (Å²) in [5, 5.41) is 0.751. The first-order valence-electron chi connectivity index (χ1n) is 4.03. The first-order valence-corrected chi connectivity index (χ1v) is 5.26. The van der Waals surface area contributed by atoms with Gasteiger partial charge >= 0.3 is 0 Å². The maximum absolute atomic E-state index is 4.32. The van der Waals surface area contributed by atoms with Crippen LogP contribution in [0.5, 0.6) is 0 Å². The zero-order valence-corrected chi connectivity index (χ0v) is 8.40. The van der Waals surface area contributed by atoms with Gasteiger partial charge in [0.1, 0.15) is 6.33 Å². The highest BCUT2D eigenvalue weighted by atomic mass is 32.2. The molecular formula is C9H8N4S. The zero-order valence-electron chi connectivity index (χ0n) is 7.58. The largest absolute Gasteiger partial charge is 0.245 e. The van der Waals surface area contributed by atoms with Gasteiger partial charge in [0.25, 0.3) is 0 Å². The molecule has 0 unspecified atom stereocenters. The van der Waals surface area contributed by atoms with Gasteiger partial charge in [-0.05, 0) is 18.4 Å². The molecule has 0 N–H and O–H groups in total. The van der Waals surface area contributed by atoms with Gasteiger partial charge in [-0.25, -0.2) is 19.9 Å². The standard InChI is InChI=1S/C9H8N4S/c1-14-9-11-5-3-8(13-9)7-2-4-10-6-12-7/h2-6H,1H3. The van der Waals surface area contributed by atoms with Gasteiger partial charge in [-0.2, -0.15) is 0 Å². The third-order valence-electron chi connectivity index (χ3n) is 1.66. The summed E-state index contributed by atoms with van der Waals surface area (Å²) in [6.45, 7) is 0. The molecular weight excluding hydrogens is 196 g/mol. The van der Waals surface area contributed by atoms with Crippen LogP contribution in [-0.2, 0) is 0 Å². The van der Waals surface area contributed by atoms with Crippen molar-refractivity contribution in [2.75, 3.05) is 6.26 Å². The summed E-state index contributed by atoms with van der Waals surface area (Å²) in [4.78, 5) is 16.4. The monoisotopic (exact) mass is 204 g/mol. The molecule has 70 valence electrons.